The lowest BCUT2D eigenvalue weighted by Crippen LogP contribution is -1.93. The molecule has 0 bridgehead atoms. The van der Waals surface area contributed by atoms with Crippen molar-refractivity contribution in [3.63, 3.8) is 0 Å². The van der Waals surface area contributed by atoms with Crippen molar-refractivity contribution in [2.45, 2.75) is 6.92 Å². The Labute approximate surface area is 132 Å². The third-order valence-corrected chi connectivity index (χ3v) is 4.19. The molecule has 1 N–H and O–H groups in total. The van der Waals surface area contributed by atoms with E-state index in [1.165, 1.54) is 5.39 Å². The molecule has 0 fully saturated rings. The van der Waals surface area contributed by atoms with E-state index < -0.39 is 0 Å². The largest absolute Gasteiger partial charge is 0.355 e. The summed E-state index contributed by atoms with van der Waals surface area (Å²) in [7, 11) is 0. The van der Waals surface area contributed by atoms with Crippen molar-refractivity contribution < 1.29 is 0 Å². The third-order valence-electron chi connectivity index (χ3n) is 3.50. The van der Waals surface area contributed by atoms with E-state index in [0.29, 0.717) is 5.56 Å². The second-order valence-electron chi connectivity index (χ2n) is 4.91. The highest BCUT2D eigenvalue weighted by atomic mass is 79.9. The fraction of sp³-hybridized carbons (Fsp3) is 0.0556. The number of aryl methyl sites for hydroxylation is 1. The predicted octanol–water partition coefficient (Wildman–Crippen LogP) is 5.53. The van der Waals surface area contributed by atoms with E-state index in [2.05, 4.69) is 45.5 Å². The Balaban J connectivity index is 2.05. The summed E-state index contributed by atoms with van der Waals surface area (Å²) in [4.78, 5) is 0. The second-order valence-corrected chi connectivity index (χ2v) is 5.76. The summed E-state index contributed by atoms with van der Waals surface area (Å²) >= 11 is 3.58. The van der Waals surface area contributed by atoms with Gasteiger partial charge in [-0.3, -0.25) is 0 Å². The Kier molecular flexibility index (Phi) is 3.64. The quantitative estimate of drug-likeness (QED) is 0.668. The number of nitriles is 1. The van der Waals surface area contributed by atoms with E-state index in [1.807, 2.05) is 43.3 Å². The van der Waals surface area contributed by atoms with E-state index in [-0.39, 0.29) is 0 Å². The summed E-state index contributed by atoms with van der Waals surface area (Å²) in [5.41, 5.74) is 3.72. The van der Waals surface area contributed by atoms with Gasteiger partial charge in [-0.2, -0.15) is 5.26 Å². The summed E-state index contributed by atoms with van der Waals surface area (Å²) in [6.07, 6.45) is 0. The number of rotatable bonds is 2. The van der Waals surface area contributed by atoms with Crippen LogP contribution in [-0.2, 0) is 0 Å². The van der Waals surface area contributed by atoms with Crippen molar-refractivity contribution in [3.8, 4) is 6.07 Å². The van der Waals surface area contributed by atoms with Gasteiger partial charge in [0.25, 0.3) is 0 Å². The number of anilines is 2. The molecule has 0 amide bonds. The maximum absolute atomic E-state index is 9.00. The van der Waals surface area contributed by atoms with Gasteiger partial charge in [0, 0.05) is 21.2 Å². The van der Waals surface area contributed by atoms with Gasteiger partial charge in [-0.05, 0) is 48.2 Å². The van der Waals surface area contributed by atoms with Crippen molar-refractivity contribution in [1.29, 1.82) is 5.26 Å². The molecule has 21 heavy (non-hydrogen) atoms. The maximum atomic E-state index is 9.00. The minimum atomic E-state index is 0.709. The number of hydrogen-bond donors (Lipinski definition) is 1. The molecule has 0 aliphatic heterocycles. The molecular weight excluding hydrogens is 324 g/mol. The van der Waals surface area contributed by atoms with Gasteiger partial charge >= 0.3 is 0 Å². The third kappa shape index (κ3) is 2.63. The second kappa shape index (κ2) is 5.59. The molecule has 0 aliphatic rings. The number of nitrogens with zero attached hydrogens (tertiary/aromatic N) is 1. The molecule has 0 spiro atoms. The molecule has 3 heteroatoms. The van der Waals surface area contributed by atoms with Crippen LogP contribution in [0, 0.1) is 18.3 Å². The van der Waals surface area contributed by atoms with Crippen LogP contribution in [0.4, 0.5) is 11.4 Å². The first kappa shape index (κ1) is 13.7. The molecule has 102 valence electrons. The Hall–Kier alpha value is -2.31. The molecule has 0 saturated heterocycles. The molecule has 0 aliphatic carbocycles. The fourth-order valence-electron chi connectivity index (χ4n) is 2.39. The summed E-state index contributed by atoms with van der Waals surface area (Å²) < 4.78 is 1.08. The Morgan fingerprint density at radius 3 is 2.48 bits per heavy atom. The first-order chi connectivity index (χ1) is 10.2. The van der Waals surface area contributed by atoms with E-state index in [1.54, 1.807) is 0 Å². The van der Waals surface area contributed by atoms with Crippen molar-refractivity contribution >= 4 is 38.1 Å². The first-order valence-electron chi connectivity index (χ1n) is 6.64. The summed E-state index contributed by atoms with van der Waals surface area (Å²) in [5.74, 6) is 0. The van der Waals surface area contributed by atoms with Crippen molar-refractivity contribution in [2.24, 2.45) is 0 Å². The van der Waals surface area contributed by atoms with E-state index in [9.17, 15) is 0 Å². The highest BCUT2D eigenvalue weighted by molar-refractivity contribution is 9.10. The number of nitrogens with one attached hydrogen (secondary N) is 1. The fourth-order valence-corrected chi connectivity index (χ4v) is 2.87. The lowest BCUT2D eigenvalue weighted by molar-refractivity contribution is 1.39. The Bertz CT molecular complexity index is 863. The highest BCUT2D eigenvalue weighted by Gasteiger charge is 2.05. The van der Waals surface area contributed by atoms with E-state index in [4.69, 9.17) is 5.26 Å². The van der Waals surface area contributed by atoms with Gasteiger partial charge in [0.05, 0.1) is 11.6 Å². The van der Waals surface area contributed by atoms with Gasteiger partial charge in [-0.25, -0.2) is 0 Å². The summed E-state index contributed by atoms with van der Waals surface area (Å²) in [6, 6.07) is 20.3. The zero-order valence-corrected chi connectivity index (χ0v) is 13.1. The van der Waals surface area contributed by atoms with Gasteiger partial charge in [-0.1, -0.05) is 40.2 Å². The molecule has 0 radical (unpaired) electrons. The molecule has 3 aromatic rings. The van der Waals surface area contributed by atoms with Gasteiger partial charge in [0.2, 0.25) is 0 Å². The van der Waals surface area contributed by atoms with Crippen LogP contribution in [0.5, 0.6) is 0 Å². The first-order valence-corrected chi connectivity index (χ1v) is 7.43. The molecule has 3 aromatic carbocycles. The van der Waals surface area contributed by atoms with E-state index in [0.717, 1.165) is 26.8 Å². The van der Waals surface area contributed by atoms with Gasteiger partial charge in [-0.15, -0.1) is 0 Å². The van der Waals surface area contributed by atoms with Gasteiger partial charge < -0.3 is 5.32 Å². The zero-order valence-electron chi connectivity index (χ0n) is 11.5. The maximum Gasteiger partial charge on any atom is 0.0994 e. The Morgan fingerprint density at radius 1 is 1.00 bits per heavy atom. The topological polar surface area (TPSA) is 35.8 Å². The standard InChI is InChI=1S/C18H13BrN2/c1-12-10-14(7-6-13(12)11-20)21-18-9-8-17(19)15-4-2-3-5-16(15)18/h2-10,21H,1H3. The van der Waals surface area contributed by atoms with Crippen molar-refractivity contribution in [2.75, 3.05) is 5.32 Å². The minimum absolute atomic E-state index is 0.709. The van der Waals surface area contributed by atoms with Gasteiger partial charge in [0.1, 0.15) is 0 Å². The van der Waals surface area contributed by atoms with Crippen LogP contribution < -0.4 is 5.32 Å². The number of halogens is 1. The zero-order chi connectivity index (χ0) is 14.8. The SMILES string of the molecule is Cc1cc(Nc2ccc(Br)c3ccccc23)ccc1C#N. The molecular formula is C18H13BrN2. The molecule has 0 unspecified atom stereocenters. The summed E-state index contributed by atoms with van der Waals surface area (Å²) in [6.45, 7) is 1.95. The number of fused-ring (bicyclic) bond motifs is 1. The highest BCUT2D eigenvalue weighted by Crippen LogP contribution is 2.32. The molecule has 2 nitrogen and oxygen atoms in total. The van der Waals surface area contributed by atoms with Gasteiger partial charge in [0.15, 0.2) is 0 Å². The lowest BCUT2D eigenvalue weighted by atomic mass is 10.1. The average Bonchev–Trinajstić information content (AvgIpc) is 2.51. The lowest BCUT2D eigenvalue weighted by Gasteiger charge is -2.12. The smallest absolute Gasteiger partial charge is 0.0994 e. The predicted molar refractivity (Wildman–Crippen MR) is 90.8 cm³/mol. The molecule has 0 aromatic heterocycles. The number of hydrogen-bond acceptors (Lipinski definition) is 2. The average molecular weight is 337 g/mol. The molecule has 0 saturated carbocycles. The Morgan fingerprint density at radius 2 is 1.76 bits per heavy atom. The van der Waals surface area contributed by atoms with Crippen molar-refractivity contribution in [1.82, 2.24) is 0 Å². The van der Waals surface area contributed by atoms with Crippen LogP contribution in [0.25, 0.3) is 10.8 Å². The molecule has 0 heterocycles. The van der Waals surface area contributed by atoms with Crippen LogP contribution in [-0.4, -0.2) is 0 Å². The van der Waals surface area contributed by atoms with Crippen LogP contribution in [0.3, 0.4) is 0 Å². The van der Waals surface area contributed by atoms with Crippen LogP contribution in [0.1, 0.15) is 11.1 Å². The summed E-state index contributed by atoms with van der Waals surface area (Å²) in [5, 5.41) is 14.8. The molecule has 0 atom stereocenters. The van der Waals surface area contributed by atoms with Crippen molar-refractivity contribution in [3.05, 3.63) is 70.2 Å². The normalized spacial score (nSPS) is 10.3. The number of benzene rings is 3. The van der Waals surface area contributed by atoms with E-state index >= 15 is 0 Å². The van der Waals surface area contributed by atoms with Crippen LogP contribution in [0.2, 0.25) is 0 Å². The van der Waals surface area contributed by atoms with Crippen LogP contribution in [0.15, 0.2) is 59.1 Å². The van der Waals surface area contributed by atoms with Crippen LogP contribution >= 0.6 is 15.9 Å². The minimum Gasteiger partial charge on any atom is -0.355 e. The monoisotopic (exact) mass is 336 g/mol. The molecule has 3 rings (SSSR count).